The Bertz CT molecular complexity index is 561. The molecule has 1 aliphatic rings. The second-order valence-electron chi connectivity index (χ2n) is 4.89. The minimum Gasteiger partial charge on any atom is -0.338 e. The summed E-state index contributed by atoms with van der Waals surface area (Å²) in [5.74, 6) is 0.520. The molecular weight excluding hydrogens is 284 g/mol. The van der Waals surface area contributed by atoms with E-state index in [0.29, 0.717) is 18.0 Å². The monoisotopic (exact) mass is 302 g/mol. The first-order valence-electron chi connectivity index (χ1n) is 6.32. The average molecular weight is 302 g/mol. The fourth-order valence-corrected chi connectivity index (χ4v) is 3.50. The molecule has 0 atom stereocenters. The molecule has 1 fully saturated rings. The van der Waals surface area contributed by atoms with Gasteiger partial charge in [-0.25, -0.2) is 13.6 Å². The smallest absolute Gasteiger partial charge is 0.254 e. The van der Waals surface area contributed by atoms with Gasteiger partial charge in [-0.05, 0) is 31.2 Å². The van der Waals surface area contributed by atoms with Crippen LogP contribution in [0.1, 0.15) is 36.5 Å². The first-order valence-corrected chi connectivity index (χ1v) is 8.75. The molecule has 0 spiro atoms. The van der Waals surface area contributed by atoms with Gasteiger partial charge in [0.25, 0.3) is 5.91 Å². The third-order valence-corrected chi connectivity index (χ3v) is 5.45. The number of nitrogens with two attached hydrogens (primary N) is 1. The van der Waals surface area contributed by atoms with Crippen LogP contribution < -0.4 is 5.14 Å². The largest absolute Gasteiger partial charge is 0.338 e. The van der Waals surface area contributed by atoms with Crippen molar-refractivity contribution in [1.29, 1.82) is 0 Å². The summed E-state index contributed by atoms with van der Waals surface area (Å²) in [6.45, 7) is 3.50. The Hall–Kier alpha value is -0.920. The average Bonchev–Trinajstić information content (AvgIpc) is 2.99. The summed E-state index contributed by atoms with van der Waals surface area (Å²) in [4.78, 5) is 14.1. The van der Waals surface area contributed by atoms with Gasteiger partial charge in [0.05, 0.1) is 5.56 Å². The first kappa shape index (κ1) is 14.5. The maximum Gasteiger partial charge on any atom is 0.254 e. The molecule has 0 aromatic carbocycles. The highest BCUT2D eigenvalue weighted by Gasteiger charge is 2.27. The lowest BCUT2D eigenvalue weighted by atomic mass is 10.2. The summed E-state index contributed by atoms with van der Waals surface area (Å²) in [7, 11) is -3.72. The van der Waals surface area contributed by atoms with Gasteiger partial charge in [-0.2, -0.15) is 0 Å². The van der Waals surface area contributed by atoms with Crippen molar-refractivity contribution < 1.29 is 13.2 Å². The Balaban J connectivity index is 2.13. The zero-order chi connectivity index (χ0) is 14.0. The first-order chi connectivity index (χ1) is 8.91. The Morgan fingerprint density at radius 1 is 1.53 bits per heavy atom. The maximum atomic E-state index is 12.3. The zero-order valence-electron chi connectivity index (χ0n) is 10.8. The van der Waals surface area contributed by atoms with Gasteiger partial charge in [0.1, 0.15) is 4.21 Å². The molecule has 2 N–H and O–H groups in total. The van der Waals surface area contributed by atoms with E-state index in [9.17, 15) is 13.2 Å². The van der Waals surface area contributed by atoms with Gasteiger partial charge in [-0.3, -0.25) is 4.79 Å². The van der Waals surface area contributed by atoms with Crippen LogP contribution in [0.2, 0.25) is 0 Å². The Labute approximate surface area is 117 Å². The van der Waals surface area contributed by atoms with Crippen LogP contribution in [-0.2, 0) is 10.0 Å². The van der Waals surface area contributed by atoms with Crippen LogP contribution in [0.15, 0.2) is 15.7 Å². The molecule has 0 aliphatic heterocycles. The van der Waals surface area contributed by atoms with E-state index in [4.69, 9.17) is 5.14 Å². The molecule has 0 saturated heterocycles. The van der Waals surface area contributed by atoms with Crippen LogP contribution >= 0.6 is 11.3 Å². The number of nitrogens with zero attached hydrogens (tertiary/aromatic N) is 1. The van der Waals surface area contributed by atoms with Gasteiger partial charge in [0.15, 0.2) is 0 Å². The van der Waals surface area contributed by atoms with E-state index in [1.807, 2.05) is 11.8 Å². The van der Waals surface area contributed by atoms with Crippen LogP contribution in [0, 0.1) is 5.92 Å². The van der Waals surface area contributed by atoms with Gasteiger partial charge in [0.2, 0.25) is 10.0 Å². The summed E-state index contributed by atoms with van der Waals surface area (Å²) in [6.07, 6.45) is 3.25. The Morgan fingerprint density at radius 3 is 2.68 bits per heavy atom. The second-order valence-corrected chi connectivity index (χ2v) is 7.59. The minimum absolute atomic E-state index is 0.0405. The number of hydrogen-bond acceptors (Lipinski definition) is 4. The summed E-state index contributed by atoms with van der Waals surface area (Å²) in [6, 6.07) is 1.37. The van der Waals surface area contributed by atoms with Crippen molar-refractivity contribution in [2.24, 2.45) is 11.1 Å². The van der Waals surface area contributed by atoms with Gasteiger partial charge in [0, 0.05) is 18.5 Å². The number of carbonyl (C=O) groups is 1. The molecule has 1 aromatic rings. The van der Waals surface area contributed by atoms with Gasteiger partial charge >= 0.3 is 0 Å². The van der Waals surface area contributed by atoms with Crippen molar-refractivity contribution in [2.45, 2.75) is 30.4 Å². The van der Waals surface area contributed by atoms with E-state index in [1.165, 1.54) is 18.9 Å². The quantitative estimate of drug-likeness (QED) is 0.867. The molecular formula is C12H18N2O3S2. The van der Waals surface area contributed by atoms with E-state index in [1.54, 1.807) is 5.38 Å². The van der Waals surface area contributed by atoms with E-state index >= 15 is 0 Å². The number of carbonyl (C=O) groups excluding carboxylic acids is 1. The molecule has 106 valence electrons. The molecule has 1 amide bonds. The van der Waals surface area contributed by atoms with Gasteiger partial charge < -0.3 is 4.90 Å². The molecule has 1 aromatic heterocycles. The van der Waals surface area contributed by atoms with Crippen molar-refractivity contribution >= 4 is 27.3 Å². The predicted octanol–water partition coefficient (Wildman–Crippen LogP) is 1.66. The lowest BCUT2D eigenvalue weighted by Gasteiger charge is -2.21. The molecule has 1 heterocycles. The molecule has 19 heavy (non-hydrogen) atoms. The number of hydrogen-bond donors (Lipinski definition) is 1. The van der Waals surface area contributed by atoms with Gasteiger partial charge in [-0.1, -0.05) is 6.92 Å². The number of primary sulfonamides is 1. The Morgan fingerprint density at radius 2 is 2.21 bits per heavy atom. The lowest BCUT2D eigenvalue weighted by Crippen LogP contribution is -2.33. The van der Waals surface area contributed by atoms with Crippen LogP contribution in [-0.4, -0.2) is 32.3 Å². The summed E-state index contributed by atoms with van der Waals surface area (Å²) in [5, 5.41) is 6.62. The molecule has 1 saturated carbocycles. The zero-order valence-corrected chi connectivity index (χ0v) is 12.5. The number of thiophene rings is 1. The lowest BCUT2D eigenvalue weighted by molar-refractivity contribution is 0.0748. The number of sulfonamides is 1. The predicted molar refractivity (Wildman–Crippen MR) is 74.6 cm³/mol. The topological polar surface area (TPSA) is 80.5 Å². The third-order valence-electron chi connectivity index (χ3n) is 3.06. The van der Waals surface area contributed by atoms with E-state index in [-0.39, 0.29) is 10.1 Å². The fraction of sp³-hybridized carbons (Fsp3) is 0.583. The summed E-state index contributed by atoms with van der Waals surface area (Å²) >= 11 is 0.994. The highest BCUT2D eigenvalue weighted by Crippen LogP contribution is 2.30. The van der Waals surface area contributed by atoms with Crippen LogP contribution in [0.4, 0.5) is 0 Å². The third kappa shape index (κ3) is 3.77. The van der Waals surface area contributed by atoms with E-state index < -0.39 is 10.0 Å². The van der Waals surface area contributed by atoms with E-state index in [0.717, 1.165) is 24.3 Å². The number of amides is 1. The summed E-state index contributed by atoms with van der Waals surface area (Å²) in [5.41, 5.74) is 0.420. The van der Waals surface area contributed by atoms with Crippen LogP contribution in [0.5, 0.6) is 0 Å². The summed E-state index contributed by atoms with van der Waals surface area (Å²) < 4.78 is 22.5. The molecule has 1 aliphatic carbocycles. The Kier molecular flexibility index (Phi) is 4.27. The number of rotatable bonds is 6. The highest BCUT2D eigenvalue weighted by molar-refractivity contribution is 7.91. The van der Waals surface area contributed by atoms with Crippen molar-refractivity contribution in [3.05, 3.63) is 17.0 Å². The van der Waals surface area contributed by atoms with Crippen LogP contribution in [0.3, 0.4) is 0 Å². The van der Waals surface area contributed by atoms with Crippen molar-refractivity contribution in [1.82, 2.24) is 4.90 Å². The van der Waals surface area contributed by atoms with Crippen molar-refractivity contribution in [2.75, 3.05) is 13.1 Å². The molecule has 0 radical (unpaired) electrons. The van der Waals surface area contributed by atoms with Crippen molar-refractivity contribution in [3.8, 4) is 0 Å². The molecule has 7 heteroatoms. The van der Waals surface area contributed by atoms with Gasteiger partial charge in [-0.15, -0.1) is 11.3 Å². The maximum absolute atomic E-state index is 12.3. The normalized spacial score (nSPS) is 15.5. The minimum atomic E-state index is -3.72. The molecule has 0 bridgehead atoms. The highest BCUT2D eigenvalue weighted by atomic mass is 32.2. The SMILES string of the molecule is CCCN(CC1CC1)C(=O)c1csc(S(N)(=O)=O)c1. The van der Waals surface area contributed by atoms with Crippen LogP contribution in [0.25, 0.3) is 0 Å². The molecule has 0 unspecified atom stereocenters. The van der Waals surface area contributed by atoms with E-state index in [2.05, 4.69) is 0 Å². The second kappa shape index (κ2) is 5.60. The fourth-order valence-electron chi connectivity index (χ4n) is 1.92. The van der Waals surface area contributed by atoms with Crippen molar-refractivity contribution in [3.63, 3.8) is 0 Å². The molecule has 5 nitrogen and oxygen atoms in total. The standard InChI is InChI=1S/C12H18N2O3S2/c1-2-5-14(7-9-3-4-9)12(15)10-6-11(18-8-10)19(13,16)17/h6,8-9H,2-5,7H2,1H3,(H2,13,16,17). The molecule has 2 rings (SSSR count).